The minimum absolute atomic E-state index is 0.112. The fourth-order valence-corrected chi connectivity index (χ4v) is 3.91. The van der Waals surface area contributed by atoms with Gasteiger partial charge < -0.3 is 43.0 Å². The molecule has 16 nitrogen and oxygen atoms in total. The second-order valence-corrected chi connectivity index (χ2v) is 9.74. The molecule has 0 aromatic heterocycles. The lowest BCUT2D eigenvalue weighted by atomic mass is 10.0. The standard InChI is InChI=1S/C26H34F2N8O8/c1-13(37)31-10-21(39)35-18-4-5-20(38)30-7-6-17(24(29)42)34-22(40)11-33-26(44)19(36-23(41)12-32-25(18)43)9-14-2-3-15(27)16(28)8-14/h2-3,8,17-19H,4-7,9-12H2,1H3,(H2,29,42)(H,30,38)(H,31,37)(H,32,43)(H,33,44)(H,34,40)(H,35,39)(H,36,41)/t17-,18-,19+/m0/s1. The Bertz CT molecular complexity index is 1290. The zero-order valence-corrected chi connectivity index (χ0v) is 23.7. The summed E-state index contributed by atoms with van der Waals surface area (Å²) in [5, 5.41) is 16.3. The maximum absolute atomic E-state index is 13.8. The highest BCUT2D eigenvalue weighted by Gasteiger charge is 2.26. The Hall–Kier alpha value is -5.16. The summed E-state index contributed by atoms with van der Waals surface area (Å²) in [5.41, 5.74) is 5.44. The first-order valence-electron chi connectivity index (χ1n) is 13.4. The van der Waals surface area contributed by atoms with Gasteiger partial charge in [-0.2, -0.15) is 0 Å². The number of carbonyl (C=O) groups excluding carboxylic acids is 8. The molecule has 0 saturated carbocycles. The third-order valence-electron chi connectivity index (χ3n) is 6.17. The normalized spacial score (nSPS) is 21.1. The second kappa shape index (κ2) is 17.1. The van der Waals surface area contributed by atoms with Crippen LogP contribution in [0.3, 0.4) is 0 Å². The number of primary amides is 1. The molecule has 9 N–H and O–H groups in total. The first-order chi connectivity index (χ1) is 20.7. The van der Waals surface area contributed by atoms with Crippen molar-refractivity contribution in [3.8, 4) is 0 Å². The van der Waals surface area contributed by atoms with Crippen LogP contribution in [0.15, 0.2) is 18.2 Å². The predicted octanol–water partition coefficient (Wildman–Crippen LogP) is -3.88. The van der Waals surface area contributed by atoms with Crippen LogP contribution in [-0.4, -0.2) is 91.6 Å². The van der Waals surface area contributed by atoms with Gasteiger partial charge in [0.1, 0.15) is 18.1 Å². The maximum atomic E-state index is 13.8. The number of hydrogen-bond acceptors (Lipinski definition) is 8. The van der Waals surface area contributed by atoms with E-state index in [1.54, 1.807) is 0 Å². The molecular weight excluding hydrogens is 590 g/mol. The number of amides is 8. The van der Waals surface area contributed by atoms with E-state index in [0.717, 1.165) is 12.1 Å². The Morgan fingerprint density at radius 1 is 0.886 bits per heavy atom. The molecule has 1 aromatic carbocycles. The minimum Gasteiger partial charge on any atom is -0.368 e. The predicted molar refractivity (Wildman–Crippen MR) is 147 cm³/mol. The zero-order chi connectivity index (χ0) is 32.8. The smallest absolute Gasteiger partial charge is 0.243 e. The van der Waals surface area contributed by atoms with Crippen LogP contribution in [0.25, 0.3) is 0 Å². The number of nitrogens with two attached hydrogens (primary N) is 1. The van der Waals surface area contributed by atoms with Crippen molar-refractivity contribution in [1.82, 2.24) is 37.2 Å². The van der Waals surface area contributed by atoms with E-state index in [4.69, 9.17) is 5.73 Å². The van der Waals surface area contributed by atoms with Gasteiger partial charge in [0, 0.05) is 26.3 Å². The van der Waals surface area contributed by atoms with Gasteiger partial charge >= 0.3 is 0 Å². The van der Waals surface area contributed by atoms with E-state index in [9.17, 15) is 47.1 Å². The minimum atomic E-state index is -1.43. The van der Waals surface area contributed by atoms with Crippen molar-refractivity contribution in [1.29, 1.82) is 0 Å². The van der Waals surface area contributed by atoms with Crippen LogP contribution in [0.2, 0.25) is 0 Å². The van der Waals surface area contributed by atoms with Crippen molar-refractivity contribution in [2.24, 2.45) is 5.73 Å². The first kappa shape index (κ1) is 35.0. The van der Waals surface area contributed by atoms with Gasteiger partial charge in [0.15, 0.2) is 11.6 Å². The molecule has 1 aliphatic rings. The summed E-state index contributed by atoms with van der Waals surface area (Å²) in [6.45, 7) is -0.761. The Morgan fingerprint density at radius 3 is 2.18 bits per heavy atom. The third-order valence-corrected chi connectivity index (χ3v) is 6.17. The van der Waals surface area contributed by atoms with Crippen molar-refractivity contribution in [2.45, 2.75) is 50.7 Å². The molecule has 0 radical (unpaired) electrons. The van der Waals surface area contributed by atoms with Crippen LogP contribution in [0.5, 0.6) is 0 Å². The monoisotopic (exact) mass is 624 g/mol. The lowest BCUT2D eigenvalue weighted by molar-refractivity contribution is -0.132. The quantitative estimate of drug-likeness (QED) is 0.155. The van der Waals surface area contributed by atoms with Crippen molar-refractivity contribution in [3.05, 3.63) is 35.4 Å². The summed E-state index contributed by atoms with van der Waals surface area (Å²) in [5.74, 6) is -8.60. The van der Waals surface area contributed by atoms with E-state index >= 15 is 0 Å². The van der Waals surface area contributed by atoms with Crippen LogP contribution in [0, 0.1) is 11.6 Å². The summed E-state index contributed by atoms with van der Waals surface area (Å²) in [7, 11) is 0. The molecule has 2 rings (SSSR count). The molecule has 18 heteroatoms. The summed E-state index contributed by atoms with van der Waals surface area (Å²) < 4.78 is 27.2. The average molecular weight is 625 g/mol. The van der Waals surface area contributed by atoms with Gasteiger partial charge in [-0.15, -0.1) is 0 Å². The largest absolute Gasteiger partial charge is 0.368 e. The fourth-order valence-electron chi connectivity index (χ4n) is 3.91. The van der Waals surface area contributed by atoms with E-state index in [0.29, 0.717) is 0 Å². The van der Waals surface area contributed by atoms with Crippen LogP contribution in [0.1, 0.15) is 31.7 Å². The number of benzene rings is 1. The molecule has 1 aromatic rings. The SMILES string of the molecule is CC(=O)NCC(=O)N[C@H]1CCC(=O)NCC[C@@H](C(N)=O)NC(=O)CNC(=O)[C@@H](Cc2ccc(F)c(F)c2)NC(=O)CNC1=O. The van der Waals surface area contributed by atoms with Crippen molar-refractivity contribution in [2.75, 3.05) is 26.2 Å². The van der Waals surface area contributed by atoms with Gasteiger partial charge in [0.25, 0.3) is 0 Å². The summed E-state index contributed by atoms with van der Waals surface area (Å²) in [6.07, 6.45) is -0.980. The fraction of sp³-hybridized carbons (Fsp3) is 0.462. The van der Waals surface area contributed by atoms with E-state index in [-0.39, 0.29) is 37.8 Å². The Morgan fingerprint density at radius 2 is 1.55 bits per heavy atom. The maximum Gasteiger partial charge on any atom is 0.243 e. The molecule has 1 saturated heterocycles. The molecule has 240 valence electrons. The molecule has 0 aliphatic carbocycles. The van der Waals surface area contributed by atoms with Gasteiger partial charge in [-0.25, -0.2) is 8.78 Å². The third kappa shape index (κ3) is 12.4. The number of nitrogens with one attached hydrogen (secondary N) is 7. The second-order valence-electron chi connectivity index (χ2n) is 9.74. The van der Waals surface area contributed by atoms with E-state index in [1.165, 1.54) is 13.0 Å². The lowest BCUT2D eigenvalue weighted by Crippen LogP contribution is -2.54. The number of rotatable bonds is 6. The molecule has 44 heavy (non-hydrogen) atoms. The van der Waals surface area contributed by atoms with Crippen molar-refractivity contribution < 1.29 is 47.1 Å². The van der Waals surface area contributed by atoms with E-state index in [1.807, 2.05) is 0 Å². The van der Waals surface area contributed by atoms with Gasteiger partial charge in [-0.1, -0.05) is 6.07 Å². The average Bonchev–Trinajstić information content (AvgIpc) is 2.96. The Balaban J connectivity index is 2.27. The van der Waals surface area contributed by atoms with Crippen LogP contribution in [-0.2, 0) is 44.8 Å². The topological polar surface area (TPSA) is 247 Å². The van der Waals surface area contributed by atoms with E-state index < -0.39 is 96.7 Å². The molecule has 0 spiro atoms. The van der Waals surface area contributed by atoms with Crippen molar-refractivity contribution >= 4 is 47.3 Å². The van der Waals surface area contributed by atoms with Crippen LogP contribution < -0.4 is 43.0 Å². The zero-order valence-electron chi connectivity index (χ0n) is 23.7. The Labute approximate surface area is 250 Å². The highest BCUT2D eigenvalue weighted by Crippen LogP contribution is 2.11. The van der Waals surface area contributed by atoms with Gasteiger partial charge in [-0.05, 0) is 30.5 Å². The first-order valence-corrected chi connectivity index (χ1v) is 13.4. The lowest BCUT2D eigenvalue weighted by Gasteiger charge is -2.21. The van der Waals surface area contributed by atoms with Crippen LogP contribution in [0.4, 0.5) is 8.78 Å². The summed E-state index contributed by atoms with van der Waals surface area (Å²) in [4.78, 5) is 98.4. The molecular formula is C26H34F2N8O8. The molecule has 1 aliphatic heterocycles. The molecule has 0 unspecified atom stereocenters. The molecule has 1 heterocycles. The molecule has 3 atom stereocenters. The highest BCUT2D eigenvalue weighted by molar-refractivity contribution is 5.95. The van der Waals surface area contributed by atoms with Gasteiger partial charge in [0.05, 0.1) is 19.6 Å². The van der Waals surface area contributed by atoms with Gasteiger partial charge in [-0.3, -0.25) is 38.4 Å². The van der Waals surface area contributed by atoms with Crippen LogP contribution >= 0.6 is 0 Å². The Kier molecular flexibility index (Phi) is 13.6. The van der Waals surface area contributed by atoms with E-state index in [2.05, 4.69) is 37.2 Å². The van der Waals surface area contributed by atoms with Crippen molar-refractivity contribution in [3.63, 3.8) is 0 Å². The number of hydrogen-bond donors (Lipinski definition) is 8. The summed E-state index contributed by atoms with van der Waals surface area (Å²) >= 11 is 0. The molecule has 0 bridgehead atoms. The number of halogens is 2. The van der Waals surface area contributed by atoms with Gasteiger partial charge in [0.2, 0.25) is 47.3 Å². The summed E-state index contributed by atoms with van der Waals surface area (Å²) in [6, 6.07) is -1.16. The highest BCUT2D eigenvalue weighted by atomic mass is 19.2. The molecule has 1 fully saturated rings. The molecule has 8 amide bonds. The number of carbonyl (C=O) groups is 8.